The predicted octanol–water partition coefficient (Wildman–Crippen LogP) is 3.35. The van der Waals surface area contributed by atoms with Crippen LogP contribution in [0.1, 0.15) is 37.7 Å². The maximum atomic E-state index is 12.4. The fraction of sp³-hybridized carbons (Fsp3) is 0.200. The summed E-state index contributed by atoms with van der Waals surface area (Å²) in [5.74, 6) is -0.120. The lowest BCUT2D eigenvalue weighted by atomic mass is 10.1. The minimum atomic E-state index is -0.120. The largest absolute Gasteiger partial charge is 0.351 e. The lowest BCUT2D eigenvalue weighted by Gasteiger charge is -2.04. The minimum absolute atomic E-state index is 0.000897. The first kappa shape index (κ1) is 19.3. The van der Waals surface area contributed by atoms with Gasteiger partial charge in [-0.15, -0.1) is 11.3 Å². The lowest BCUT2D eigenvalue weighted by Crippen LogP contribution is -2.24. The summed E-state index contributed by atoms with van der Waals surface area (Å²) >= 11 is 1.30. The van der Waals surface area contributed by atoms with Crippen molar-refractivity contribution < 1.29 is 9.59 Å². The van der Waals surface area contributed by atoms with E-state index in [9.17, 15) is 9.59 Å². The molecular weight excluding hydrogens is 377 g/mol. The van der Waals surface area contributed by atoms with E-state index < -0.39 is 0 Å². The number of carbonyl (C=O) groups excluding carboxylic acids is 2. The van der Waals surface area contributed by atoms with Crippen LogP contribution in [0.3, 0.4) is 0 Å². The van der Waals surface area contributed by atoms with Crippen LogP contribution in [0.25, 0.3) is 0 Å². The molecule has 0 bridgehead atoms. The van der Waals surface area contributed by atoms with E-state index in [1.54, 1.807) is 31.5 Å². The first-order valence-corrected chi connectivity index (χ1v) is 10.5. The van der Waals surface area contributed by atoms with Crippen molar-refractivity contribution in [1.29, 1.82) is 0 Å². The van der Waals surface area contributed by atoms with Crippen LogP contribution < -0.4 is 10.1 Å². The van der Waals surface area contributed by atoms with E-state index in [2.05, 4.69) is 27.4 Å². The van der Waals surface area contributed by atoms with Crippen LogP contribution in [0.5, 0.6) is 0 Å². The van der Waals surface area contributed by atoms with Crippen molar-refractivity contribution >= 4 is 36.1 Å². The third-order valence-electron chi connectivity index (χ3n) is 3.94. The smallest absolute Gasteiger partial charge is 0.263 e. The Morgan fingerprint density at radius 2 is 1.85 bits per heavy atom. The summed E-state index contributed by atoms with van der Waals surface area (Å²) in [5, 5.41) is 2.95. The second-order valence-electron chi connectivity index (χ2n) is 5.97. The van der Waals surface area contributed by atoms with Gasteiger partial charge in [0.25, 0.3) is 5.91 Å². The van der Waals surface area contributed by atoms with Gasteiger partial charge in [0.2, 0.25) is 0 Å². The van der Waals surface area contributed by atoms with E-state index >= 15 is 0 Å². The zero-order valence-corrected chi connectivity index (χ0v) is 16.8. The molecule has 5 nitrogen and oxygen atoms in total. The van der Waals surface area contributed by atoms with Gasteiger partial charge in [-0.05, 0) is 37.5 Å². The highest BCUT2D eigenvalue weighted by Crippen LogP contribution is 2.23. The van der Waals surface area contributed by atoms with Gasteiger partial charge in [0.05, 0.1) is 5.69 Å². The molecule has 0 saturated carbocycles. The number of hydrogen-bond donors (Lipinski definition) is 1. The Bertz CT molecular complexity index is 913. The average molecular weight is 397 g/mol. The van der Waals surface area contributed by atoms with E-state index in [0.29, 0.717) is 27.4 Å². The zero-order valence-electron chi connectivity index (χ0n) is 14.9. The summed E-state index contributed by atoms with van der Waals surface area (Å²) in [4.78, 5) is 33.6. The molecule has 1 aromatic carbocycles. The fourth-order valence-corrected chi connectivity index (χ4v) is 4.80. The van der Waals surface area contributed by atoms with Crippen molar-refractivity contribution in [1.82, 2.24) is 15.3 Å². The van der Waals surface area contributed by atoms with Gasteiger partial charge in [-0.25, -0.2) is 4.98 Å². The van der Waals surface area contributed by atoms with Crippen molar-refractivity contribution in [2.45, 2.75) is 19.8 Å². The van der Waals surface area contributed by atoms with Crippen LogP contribution in [0, 0.1) is 6.92 Å². The molecule has 27 heavy (non-hydrogen) atoms. The van der Waals surface area contributed by atoms with Crippen molar-refractivity contribution in [3.8, 4) is 0 Å². The number of benzene rings is 1. The van der Waals surface area contributed by atoms with Crippen LogP contribution >= 0.6 is 19.9 Å². The van der Waals surface area contributed by atoms with Crippen molar-refractivity contribution in [2.75, 3.05) is 6.54 Å². The van der Waals surface area contributed by atoms with Crippen LogP contribution in [0.4, 0.5) is 0 Å². The molecule has 1 atom stereocenters. The zero-order chi connectivity index (χ0) is 19.1. The number of nitrogens with one attached hydrogen (secondary N) is 1. The monoisotopic (exact) mass is 397 g/mol. The van der Waals surface area contributed by atoms with Crippen molar-refractivity contribution in [2.24, 2.45) is 0 Å². The highest BCUT2D eigenvalue weighted by Gasteiger charge is 2.17. The molecule has 1 amide bonds. The lowest BCUT2D eigenvalue weighted by molar-refractivity contribution is 0.0956. The number of thiazole rings is 1. The van der Waals surface area contributed by atoms with E-state index in [4.69, 9.17) is 0 Å². The molecule has 0 aliphatic carbocycles. The summed E-state index contributed by atoms with van der Waals surface area (Å²) in [7, 11) is -0.0901. The first-order valence-electron chi connectivity index (χ1n) is 8.64. The average Bonchev–Trinajstić information content (AvgIpc) is 3.06. The Kier molecular flexibility index (Phi) is 6.80. The number of nitrogens with zero attached hydrogens (tertiary/aromatic N) is 2. The molecule has 0 fully saturated rings. The molecule has 2 heterocycles. The maximum absolute atomic E-state index is 12.4. The molecule has 7 heteroatoms. The third-order valence-corrected chi connectivity index (χ3v) is 6.36. The Hall–Kier alpha value is -2.43. The molecule has 0 saturated heterocycles. The number of hydrogen-bond acceptors (Lipinski definition) is 5. The third kappa shape index (κ3) is 5.52. The topological polar surface area (TPSA) is 72.0 Å². The Morgan fingerprint density at radius 3 is 2.59 bits per heavy atom. The second-order valence-corrected chi connectivity index (χ2v) is 8.51. The van der Waals surface area contributed by atoms with Gasteiger partial charge in [-0.1, -0.05) is 30.3 Å². The molecule has 138 valence electrons. The first-order chi connectivity index (χ1) is 13.1. The Labute approximate surface area is 164 Å². The number of amides is 1. The highest BCUT2D eigenvalue weighted by atomic mass is 32.1. The summed E-state index contributed by atoms with van der Waals surface area (Å²) in [5.41, 5.74) is 2.55. The van der Waals surface area contributed by atoms with Gasteiger partial charge < -0.3 is 5.32 Å². The van der Waals surface area contributed by atoms with Crippen LogP contribution in [-0.4, -0.2) is 27.9 Å². The fourth-order valence-electron chi connectivity index (χ4n) is 2.55. The molecule has 3 rings (SSSR count). The molecular formula is C20H20N3O2PS. The molecule has 0 aliphatic rings. The van der Waals surface area contributed by atoms with Gasteiger partial charge in [0, 0.05) is 33.1 Å². The van der Waals surface area contributed by atoms with Crippen molar-refractivity contribution in [3.05, 3.63) is 76.6 Å². The van der Waals surface area contributed by atoms with E-state index in [0.717, 1.165) is 12.8 Å². The van der Waals surface area contributed by atoms with Gasteiger partial charge in [-0.3, -0.25) is 14.6 Å². The van der Waals surface area contributed by atoms with Gasteiger partial charge >= 0.3 is 0 Å². The summed E-state index contributed by atoms with van der Waals surface area (Å²) in [6.07, 6.45) is 5.00. The van der Waals surface area contributed by atoms with E-state index in [1.807, 2.05) is 18.2 Å². The quantitative estimate of drug-likeness (QED) is 0.467. The summed E-state index contributed by atoms with van der Waals surface area (Å²) < 4.78 is 0.684. The van der Waals surface area contributed by atoms with E-state index in [-0.39, 0.29) is 20.0 Å². The molecule has 3 aromatic rings. The predicted molar refractivity (Wildman–Crippen MR) is 110 cm³/mol. The van der Waals surface area contributed by atoms with Crippen LogP contribution in [-0.2, 0) is 6.42 Å². The standard InChI is InChI=1S/C20H20N3O2PS/c1-14-17(18(24)22-11-5-8-15-6-3-2-4-7-15)27-20(23-14)26-19(25)16-9-12-21-13-10-16/h2-4,6-7,9-10,12-13,26H,5,8,11H2,1H3,(H,22,24). The van der Waals surface area contributed by atoms with Gasteiger partial charge in [-0.2, -0.15) is 0 Å². The number of aryl methyl sites for hydroxylation is 2. The molecule has 2 aromatic heterocycles. The van der Waals surface area contributed by atoms with E-state index in [1.165, 1.54) is 16.9 Å². The van der Waals surface area contributed by atoms with Crippen LogP contribution in [0.2, 0.25) is 0 Å². The number of rotatable bonds is 8. The molecule has 0 spiro atoms. The van der Waals surface area contributed by atoms with Gasteiger partial charge in [0.1, 0.15) is 9.63 Å². The minimum Gasteiger partial charge on any atom is -0.351 e. The summed E-state index contributed by atoms with van der Waals surface area (Å²) in [6.45, 7) is 2.42. The normalized spacial score (nSPS) is 11.0. The number of aromatic nitrogens is 2. The Morgan fingerprint density at radius 1 is 1.11 bits per heavy atom. The molecule has 0 aliphatic heterocycles. The van der Waals surface area contributed by atoms with Gasteiger partial charge in [0.15, 0.2) is 5.52 Å². The number of carbonyl (C=O) groups is 2. The van der Waals surface area contributed by atoms with Crippen molar-refractivity contribution in [3.63, 3.8) is 0 Å². The second kappa shape index (κ2) is 9.49. The SMILES string of the molecule is Cc1nc(PC(=O)c2ccncc2)sc1C(=O)NCCCc1ccccc1. The molecule has 1 N–H and O–H groups in total. The number of pyridine rings is 1. The maximum Gasteiger partial charge on any atom is 0.263 e. The van der Waals surface area contributed by atoms with Crippen LogP contribution in [0.15, 0.2) is 54.9 Å². The molecule has 0 radical (unpaired) electrons. The Balaban J connectivity index is 1.52. The molecule has 1 unspecified atom stereocenters. The highest BCUT2D eigenvalue weighted by molar-refractivity contribution is 7.71. The summed E-state index contributed by atoms with van der Waals surface area (Å²) in [6, 6.07) is 13.6.